The summed E-state index contributed by atoms with van der Waals surface area (Å²) in [7, 11) is 0. The van der Waals surface area contributed by atoms with E-state index in [0.717, 1.165) is 21.9 Å². The normalized spacial score (nSPS) is 12.7. The van der Waals surface area contributed by atoms with E-state index in [1.54, 1.807) is 12.1 Å². The molecule has 0 saturated heterocycles. The van der Waals surface area contributed by atoms with E-state index in [2.05, 4.69) is 0 Å². The summed E-state index contributed by atoms with van der Waals surface area (Å²) in [5.74, 6) is 0.918. The van der Waals surface area contributed by atoms with Crippen molar-refractivity contribution in [3.63, 3.8) is 0 Å². The van der Waals surface area contributed by atoms with Gasteiger partial charge in [0.1, 0.15) is 22.7 Å². The van der Waals surface area contributed by atoms with Crippen LogP contribution in [0.4, 0.5) is 0 Å². The molecule has 3 heterocycles. The number of hydrogen-bond donors (Lipinski definition) is 0. The summed E-state index contributed by atoms with van der Waals surface area (Å²) in [6, 6.07) is 11.1. The molecule has 2 aromatic carbocycles. The van der Waals surface area contributed by atoms with Crippen LogP contribution in [0.25, 0.3) is 21.9 Å². The maximum Gasteiger partial charge on any atom is 0.343 e. The fourth-order valence-corrected chi connectivity index (χ4v) is 3.47. The molecule has 5 nitrogen and oxygen atoms in total. The molecule has 0 spiro atoms. The zero-order valence-electron chi connectivity index (χ0n) is 14.2. The lowest BCUT2D eigenvalue weighted by molar-refractivity contribution is 0.438. The van der Waals surface area contributed by atoms with Crippen LogP contribution < -0.4 is 16.0 Å². The lowest BCUT2D eigenvalue weighted by Crippen LogP contribution is -2.20. The van der Waals surface area contributed by atoms with Crippen molar-refractivity contribution >= 4 is 21.9 Å². The first kappa shape index (κ1) is 15.0. The largest absolute Gasteiger partial charge is 0.455 e. The Hall–Kier alpha value is -3.34. The smallest absolute Gasteiger partial charge is 0.343 e. The van der Waals surface area contributed by atoms with E-state index in [4.69, 9.17) is 13.6 Å². The maximum absolute atomic E-state index is 12.4. The topological polar surface area (TPSA) is 69.7 Å². The molecule has 0 radical (unpaired) electrons. The first-order valence-electron chi connectivity index (χ1n) is 8.32. The van der Waals surface area contributed by atoms with Crippen LogP contribution in [-0.4, -0.2) is 0 Å². The van der Waals surface area contributed by atoms with Crippen molar-refractivity contribution in [2.24, 2.45) is 0 Å². The third-order valence-electron chi connectivity index (χ3n) is 4.76. The molecule has 0 aliphatic carbocycles. The van der Waals surface area contributed by atoms with E-state index in [1.165, 1.54) is 0 Å². The molecular formula is C21H14O5. The SMILES string of the molecule is Cc1ccc2oc(=O)c3c(c2c1)Oc1c(c(=O)oc2ccc(C)cc12)C3. The van der Waals surface area contributed by atoms with Crippen molar-refractivity contribution in [2.45, 2.75) is 20.3 Å². The zero-order chi connectivity index (χ0) is 18.0. The highest BCUT2D eigenvalue weighted by atomic mass is 16.5. The summed E-state index contributed by atoms with van der Waals surface area (Å²) in [5, 5.41) is 1.44. The second kappa shape index (κ2) is 5.08. The number of rotatable bonds is 0. The molecule has 0 N–H and O–H groups in total. The van der Waals surface area contributed by atoms with E-state index in [9.17, 15) is 9.59 Å². The van der Waals surface area contributed by atoms with Gasteiger partial charge < -0.3 is 13.6 Å². The van der Waals surface area contributed by atoms with Gasteiger partial charge in [-0.15, -0.1) is 0 Å². The molecule has 0 saturated carbocycles. The van der Waals surface area contributed by atoms with Crippen LogP contribution in [0.2, 0.25) is 0 Å². The predicted molar refractivity (Wildman–Crippen MR) is 97.3 cm³/mol. The number of fused-ring (bicyclic) bond motifs is 6. The lowest BCUT2D eigenvalue weighted by Gasteiger charge is -2.21. The van der Waals surface area contributed by atoms with Crippen molar-refractivity contribution in [3.8, 4) is 11.5 Å². The summed E-state index contributed by atoms with van der Waals surface area (Å²) in [5.41, 5.74) is 2.67. The summed E-state index contributed by atoms with van der Waals surface area (Å²) in [6.07, 6.45) is 0.128. The second-order valence-corrected chi connectivity index (χ2v) is 6.67. The Bertz CT molecular complexity index is 1240. The highest BCUT2D eigenvalue weighted by Crippen LogP contribution is 2.42. The fraction of sp³-hybridized carbons (Fsp3) is 0.143. The minimum atomic E-state index is -0.495. The number of aryl methyl sites for hydroxylation is 2. The summed E-state index contributed by atoms with van der Waals surface area (Å²) >= 11 is 0. The third kappa shape index (κ3) is 2.03. The molecule has 1 aliphatic heterocycles. The van der Waals surface area contributed by atoms with Gasteiger partial charge in [0.2, 0.25) is 0 Å². The van der Waals surface area contributed by atoms with E-state index >= 15 is 0 Å². The Morgan fingerprint density at radius 3 is 1.65 bits per heavy atom. The summed E-state index contributed by atoms with van der Waals surface area (Å²) < 4.78 is 17.0. The average Bonchev–Trinajstić information content (AvgIpc) is 2.62. The Kier molecular flexibility index (Phi) is 2.92. The van der Waals surface area contributed by atoms with Gasteiger partial charge in [0.15, 0.2) is 0 Å². The molecule has 5 rings (SSSR count). The zero-order valence-corrected chi connectivity index (χ0v) is 14.2. The Balaban J connectivity index is 1.88. The summed E-state index contributed by atoms with van der Waals surface area (Å²) in [4.78, 5) is 24.8. The fourth-order valence-electron chi connectivity index (χ4n) is 3.47. The van der Waals surface area contributed by atoms with Crippen LogP contribution in [0.3, 0.4) is 0 Å². The molecule has 0 fully saturated rings. The summed E-state index contributed by atoms with van der Waals surface area (Å²) in [6.45, 7) is 3.92. The van der Waals surface area contributed by atoms with Crippen LogP contribution in [0.15, 0.2) is 54.8 Å². The van der Waals surface area contributed by atoms with E-state index in [-0.39, 0.29) is 6.42 Å². The van der Waals surface area contributed by atoms with Gasteiger partial charge in [-0.2, -0.15) is 0 Å². The van der Waals surface area contributed by atoms with Crippen LogP contribution >= 0.6 is 0 Å². The van der Waals surface area contributed by atoms with Gasteiger partial charge in [-0.3, -0.25) is 0 Å². The molecule has 5 heteroatoms. The minimum absolute atomic E-state index is 0.128. The van der Waals surface area contributed by atoms with Crippen molar-refractivity contribution in [1.29, 1.82) is 0 Å². The molecule has 4 aromatic rings. The van der Waals surface area contributed by atoms with Gasteiger partial charge in [0.05, 0.1) is 21.9 Å². The van der Waals surface area contributed by atoms with Crippen LogP contribution in [0.1, 0.15) is 22.3 Å². The third-order valence-corrected chi connectivity index (χ3v) is 4.76. The Morgan fingerprint density at radius 2 is 1.19 bits per heavy atom. The van der Waals surface area contributed by atoms with Gasteiger partial charge in [0, 0.05) is 6.42 Å². The van der Waals surface area contributed by atoms with Gasteiger partial charge in [-0.1, -0.05) is 23.3 Å². The van der Waals surface area contributed by atoms with Gasteiger partial charge in [-0.05, 0) is 38.1 Å². The predicted octanol–water partition coefficient (Wildman–Crippen LogP) is 4.21. The minimum Gasteiger partial charge on any atom is -0.455 e. The average molecular weight is 346 g/mol. The van der Waals surface area contributed by atoms with Gasteiger partial charge >= 0.3 is 11.3 Å². The van der Waals surface area contributed by atoms with Crippen LogP contribution in [0.5, 0.6) is 11.5 Å². The van der Waals surface area contributed by atoms with Crippen molar-refractivity contribution in [3.05, 3.63) is 79.5 Å². The molecule has 0 amide bonds. The second-order valence-electron chi connectivity index (χ2n) is 6.67. The van der Waals surface area contributed by atoms with E-state index in [1.807, 2.05) is 38.1 Å². The van der Waals surface area contributed by atoms with E-state index in [0.29, 0.717) is 33.8 Å². The first-order chi connectivity index (χ1) is 12.5. The Morgan fingerprint density at radius 1 is 0.731 bits per heavy atom. The number of ether oxygens (including phenoxy) is 1. The molecule has 0 unspecified atom stereocenters. The standard InChI is InChI=1S/C21H14O5/c1-10-3-5-16-12(7-10)18-14(20(22)24-16)9-15-19(26-18)13-8-11(2)4-6-17(13)25-21(15)23/h3-8H,9H2,1-2H3. The molecule has 2 aromatic heterocycles. The van der Waals surface area contributed by atoms with E-state index < -0.39 is 11.3 Å². The molecular weight excluding hydrogens is 332 g/mol. The molecule has 0 atom stereocenters. The lowest BCUT2D eigenvalue weighted by atomic mass is 9.99. The quantitative estimate of drug-likeness (QED) is 0.393. The first-order valence-corrected chi connectivity index (χ1v) is 8.32. The monoisotopic (exact) mass is 346 g/mol. The van der Waals surface area contributed by atoms with Crippen molar-refractivity contribution < 1.29 is 13.6 Å². The molecule has 1 aliphatic rings. The van der Waals surface area contributed by atoms with Gasteiger partial charge in [-0.25, -0.2) is 9.59 Å². The highest BCUT2D eigenvalue weighted by Gasteiger charge is 2.28. The van der Waals surface area contributed by atoms with Crippen LogP contribution in [-0.2, 0) is 6.42 Å². The molecule has 26 heavy (non-hydrogen) atoms. The molecule has 0 bridgehead atoms. The van der Waals surface area contributed by atoms with Crippen LogP contribution in [0, 0.1) is 13.8 Å². The Labute approximate surface area is 147 Å². The van der Waals surface area contributed by atoms with Gasteiger partial charge in [0.25, 0.3) is 0 Å². The van der Waals surface area contributed by atoms with Crippen molar-refractivity contribution in [2.75, 3.05) is 0 Å². The van der Waals surface area contributed by atoms with Crippen molar-refractivity contribution in [1.82, 2.24) is 0 Å². The number of benzene rings is 2. The maximum atomic E-state index is 12.4. The number of hydrogen-bond acceptors (Lipinski definition) is 5. The highest BCUT2D eigenvalue weighted by molar-refractivity contribution is 5.90. The molecule has 128 valence electrons.